The van der Waals surface area contributed by atoms with Crippen molar-refractivity contribution < 1.29 is 14.3 Å². The molecule has 2 aliphatic rings. The average molecular weight is 361 g/mol. The molecular formula is C22H34NO3. The van der Waals surface area contributed by atoms with Gasteiger partial charge in [0.1, 0.15) is 6.10 Å². The number of hydrogen-bond acceptors (Lipinski definition) is 4. The van der Waals surface area contributed by atoms with Crippen LogP contribution in [0.4, 0.5) is 0 Å². The van der Waals surface area contributed by atoms with E-state index in [0.29, 0.717) is 13.2 Å². The van der Waals surface area contributed by atoms with Crippen molar-refractivity contribution in [2.45, 2.75) is 83.8 Å². The highest BCUT2D eigenvalue weighted by atomic mass is 16.7. The Bertz CT molecular complexity index is 571. The van der Waals surface area contributed by atoms with E-state index in [0.717, 1.165) is 19.3 Å². The Morgan fingerprint density at radius 1 is 1.00 bits per heavy atom. The minimum Gasteiger partial charge on any atom is -0.349 e. The summed E-state index contributed by atoms with van der Waals surface area (Å²) in [6.45, 7) is 14.6. The zero-order valence-corrected chi connectivity index (χ0v) is 17.2. The van der Waals surface area contributed by atoms with Crippen LogP contribution in [0.3, 0.4) is 0 Å². The molecule has 4 nitrogen and oxygen atoms in total. The molecule has 2 saturated heterocycles. The maximum atomic E-state index is 6.50. The monoisotopic (exact) mass is 360 g/mol. The third-order valence-corrected chi connectivity index (χ3v) is 5.61. The first-order valence-corrected chi connectivity index (χ1v) is 9.81. The van der Waals surface area contributed by atoms with Crippen LogP contribution in [0, 0.1) is 5.92 Å². The molecule has 1 unspecified atom stereocenters. The Balaban J connectivity index is 1.76. The first kappa shape index (κ1) is 19.8. The van der Waals surface area contributed by atoms with E-state index in [4.69, 9.17) is 14.3 Å². The van der Waals surface area contributed by atoms with E-state index < -0.39 is 5.79 Å². The zero-order chi connectivity index (χ0) is 19.0. The summed E-state index contributed by atoms with van der Waals surface area (Å²) in [4.78, 5) is 6.50. The Hall–Kier alpha value is -0.940. The van der Waals surface area contributed by atoms with Gasteiger partial charge in [-0.05, 0) is 46.6 Å². The van der Waals surface area contributed by atoms with Gasteiger partial charge in [0.2, 0.25) is 0 Å². The number of benzene rings is 1. The number of hydroxylamine groups is 2. The fraction of sp³-hybridized carbons (Fsp3) is 0.682. The maximum Gasteiger partial charge on any atom is 0.171 e. The van der Waals surface area contributed by atoms with Crippen LogP contribution >= 0.6 is 0 Å². The van der Waals surface area contributed by atoms with E-state index >= 15 is 0 Å². The summed E-state index contributed by atoms with van der Waals surface area (Å²) in [5.74, 6) is 0.823. The average Bonchev–Trinajstić information content (AvgIpc) is 2.58. The highest BCUT2D eigenvalue weighted by molar-refractivity contribution is 5.17. The topological polar surface area (TPSA) is 30.9 Å². The van der Waals surface area contributed by atoms with Gasteiger partial charge in [0.15, 0.2) is 5.79 Å². The van der Waals surface area contributed by atoms with Crippen LogP contribution < -0.4 is 0 Å². The number of hydrogen-bond donors (Lipinski definition) is 0. The van der Waals surface area contributed by atoms with Crippen molar-refractivity contribution in [2.24, 2.45) is 0 Å². The molecule has 0 aromatic heterocycles. The largest absolute Gasteiger partial charge is 0.349 e. The summed E-state index contributed by atoms with van der Waals surface area (Å²) in [6.07, 6.45) is 2.60. The van der Waals surface area contributed by atoms with Crippen LogP contribution in [0.1, 0.15) is 72.5 Å². The van der Waals surface area contributed by atoms with Gasteiger partial charge in [-0.25, -0.2) is 0 Å². The predicted octanol–water partition coefficient (Wildman–Crippen LogP) is 5.06. The van der Waals surface area contributed by atoms with Crippen molar-refractivity contribution in [1.29, 1.82) is 0 Å². The number of nitrogens with zero attached hydrogens (tertiary/aromatic N) is 1. The van der Waals surface area contributed by atoms with Crippen LogP contribution in [0.5, 0.6) is 0 Å². The molecule has 26 heavy (non-hydrogen) atoms. The number of piperidine rings is 1. The normalized spacial score (nSPS) is 26.7. The van der Waals surface area contributed by atoms with E-state index in [9.17, 15) is 0 Å². The van der Waals surface area contributed by atoms with Crippen molar-refractivity contribution in [3.05, 3.63) is 41.8 Å². The highest BCUT2D eigenvalue weighted by Gasteiger charge is 2.56. The first-order chi connectivity index (χ1) is 12.2. The van der Waals surface area contributed by atoms with E-state index in [1.54, 1.807) is 0 Å². The van der Waals surface area contributed by atoms with Crippen LogP contribution in [-0.2, 0) is 14.3 Å². The molecular weight excluding hydrogens is 326 g/mol. The molecule has 3 rings (SSSR count). The molecule has 0 amide bonds. The quantitative estimate of drug-likeness (QED) is 0.751. The third kappa shape index (κ3) is 3.99. The van der Waals surface area contributed by atoms with Crippen LogP contribution in [-0.4, -0.2) is 35.1 Å². The summed E-state index contributed by atoms with van der Waals surface area (Å²) in [5, 5.41) is 2.18. The minimum absolute atomic E-state index is 0.00276. The van der Waals surface area contributed by atoms with Crippen molar-refractivity contribution in [3.8, 4) is 0 Å². The van der Waals surface area contributed by atoms with E-state index in [1.807, 2.05) is 6.07 Å². The number of ether oxygens (including phenoxy) is 2. The van der Waals surface area contributed by atoms with Crippen LogP contribution in [0.15, 0.2) is 30.3 Å². The van der Waals surface area contributed by atoms with Gasteiger partial charge in [0.05, 0.1) is 13.2 Å². The molecule has 1 atom stereocenters. The molecule has 2 aliphatic heterocycles. The van der Waals surface area contributed by atoms with Gasteiger partial charge in [-0.1, -0.05) is 37.3 Å². The zero-order valence-electron chi connectivity index (χ0n) is 17.2. The molecule has 2 heterocycles. The van der Waals surface area contributed by atoms with Gasteiger partial charge >= 0.3 is 0 Å². The Morgan fingerprint density at radius 3 is 2.04 bits per heavy atom. The Labute approximate surface area is 158 Å². The van der Waals surface area contributed by atoms with E-state index in [2.05, 4.69) is 70.9 Å². The fourth-order valence-electron chi connectivity index (χ4n) is 4.53. The van der Waals surface area contributed by atoms with Gasteiger partial charge in [0.25, 0.3) is 0 Å². The van der Waals surface area contributed by atoms with Crippen molar-refractivity contribution in [3.63, 3.8) is 0 Å². The molecule has 1 aromatic carbocycles. The van der Waals surface area contributed by atoms with Crippen molar-refractivity contribution >= 4 is 0 Å². The summed E-state index contributed by atoms with van der Waals surface area (Å²) in [5.41, 5.74) is 0.787. The molecule has 0 N–H and O–H groups in total. The smallest absolute Gasteiger partial charge is 0.171 e. The highest BCUT2D eigenvalue weighted by Crippen LogP contribution is 2.48. The molecule has 1 radical (unpaired) electrons. The fourth-order valence-corrected chi connectivity index (χ4v) is 4.53. The molecule has 0 saturated carbocycles. The van der Waals surface area contributed by atoms with Crippen molar-refractivity contribution in [2.75, 3.05) is 13.2 Å². The first-order valence-electron chi connectivity index (χ1n) is 9.81. The lowest BCUT2D eigenvalue weighted by atomic mass is 9.77. The number of rotatable bonds is 4. The standard InChI is InChI=1S/C22H34NO3/c1-7-18-13-24-22(25-14-18)15-20(3,4)23(21(5,6)16-22)26-17(2)19-11-9-8-10-12-19/h8-12,17H,7,13-16H2,1-6H3. The molecule has 4 heteroatoms. The van der Waals surface area contributed by atoms with E-state index in [1.165, 1.54) is 11.5 Å². The molecule has 0 bridgehead atoms. The second-order valence-corrected chi connectivity index (χ2v) is 9.02. The van der Waals surface area contributed by atoms with Crippen LogP contribution in [0.25, 0.3) is 0 Å². The molecule has 1 spiro atoms. The minimum atomic E-state index is -0.512. The van der Waals surface area contributed by atoms with Gasteiger partial charge in [-0.15, -0.1) is 0 Å². The Morgan fingerprint density at radius 2 is 1.54 bits per heavy atom. The lowest BCUT2D eigenvalue weighted by Crippen LogP contribution is -2.67. The second-order valence-electron chi connectivity index (χ2n) is 9.02. The maximum absolute atomic E-state index is 6.50. The molecule has 145 valence electrons. The van der Waals surface area contributed by atoms with Crippen LogP contribution in [0.2, 0.25) is 0 Å². The van der Waals surface area contributed by atoms with Gasteiger partial charge < -0.3 is 9.47 Å². The van der Waals surface area contributed by atoms with Gasteiger partial charge in [-0.3, -0.25) is 4.84 Å². The summed E-state index contributed by atoms with van der Waals surface area (Å²) in [6, 6.07) is 10.4. The molecule has 0 aliphatic carbocycles. The summed E-state index contributed by atoms with van der Waals surface area (Å²) in [7, 11) is 0. The van der Waals surface area contributed by atoms with Gasteiger partial charge in [-0.2, -0.15) is 5.06 Å². The summed E-state index contributed by atoms with van der Waals surface area (Å²) >= 11 is 0. The SMILES string of the molecule is CC[C]1COC2(CC(C)(C)N(OC(C)c3ccccc3)C(C)(C)C2)OC1. The molecule has 2 fully saturated rings. The third-order valence-electron chi connectivity index (χ3n) is 5.61. The second kappa shape index (κ2) is 7.23. The Kier molecular flexibility index (Phi) is 5.51. The summed E-state index contributed by atoms with van der Waals surface area (Å²) < 4.78 is 12.6. The molecule has 1 aromatic rings. The van der Waals surface area contributed by atoms with E-state index in [-0.39, 0.29) is 17.2 Å². The predicted molar refractivity (Wildman–Crippen MR) is 103 cm³/mol. The van der Waals surface area contributed by atoms with Gasteiger partial charge in [0, 0.05) is 29.8 Å². The lowest BCUT2D eigenvalue weighted by molar-refractivity contribution is -0.374. The lowest BCUT2D eigenvalue weighted by Gasteiger charge is -2.59. The van der Waals surface area contributed by atoms with Crippen molar-refractivity contribution in [1.82, 2.24) is 5.06 Å².